The van der Waals surface area contributed by atoms with Crippen LogP contribution in [0.4, 0.5) is 0 Å². The van der Waals surface area contributed by atoms with Gasteiger partial charge in [0.05, 0.1) is 0 Å². The van der Waals surface area contributed by atoms with Crippen molar-refractivity contribution in [3.63, 3.8) is 0 Å². The van der Waals surface area contributed by atoms with Crippen LogP contribution in [0.2, 0.25) is 0 Å². The Kier molecular flexibility index (Phi) is 5.40. The Hall–Kier alpha value is -1.80. The fourth-order valence-electron chi connectivity index (χ4n) is 2.31. The third-order valence-electron chi connectivity index (χ3n) is 3.67. The smallest absolute Gasteiger partial charge is 0.127 e. The summed E-state index contributed by atoms with van der Waals surface area (Å²) in [6.45, 7) is 9.65. The first kappa shape index (κ1) is 15.6. The molecule has 0 aliphatic rings. The van der Waals surface area contributed by atoms with Gasteiger partial charge in [0.25, 0.3) is 0 Å². The van der Waals surface area contributed by atoms with Crippen molar-refractivity contribution in [2.75, 3.05) is 6.54 Å². The van der Waals surface area contributed by atoms with Gasteiger partial charge in [-0.1, -0.05) is 45.0 Å². The summed E-state index contributed by atoms with van der Waals surface area (Å²) in [5.41, 5.74) is 2.61. The van der Waals surface area contributed by atoms with Crippen LogP contribution in [0.1, 0.15) is 50.8 Å². The molecular weight excluding hydrogens is 258 g/mol. The molecule has 2 rings (SSSR count). The molecule has 2 nitrogen and oxygen atoms in total. The maximum absolute atomic E-state index is 5.89. The van der Waals surface area contributed by atoms with E-state index >= 15 is 0 Å². The van der Waals surface area contributed by atoms with E-state index in [1.165, 1.54) is 11.1 Å². The van der Waals surface area contributed by atoms with Gasteiger partial charge < -0.3 is 10.1 Å². The van der Waals surface area contributed by atoms with Crippen molar-refractivity contribution in [2.24, 2.45) is 0 Å². The molecule has 1 unspecified atom stereocenters. The molecule has 2 aromatic carbocycles. The Balaban J connectivity index is 2.02. The number of nitrogens with one attached hydrogen (secondary N) is 1. The Morgan fingerprint density at radius 1 is 0.810 bits per heavy atom. The minimum Gasteiger partial charge on any atom is -0.457 e. The van der Waals surface area contributed by atoms with Gasteiger partial charge in [0.15, 0.2) is 0 Å². The molecule has 0 aromatic heterocycles. The second-order valence-electron chi connectivity index (χ2n) is 5.67. The summed E-state index contributed by atoms with van der Waals surface area (Å²) in [4.78, 5) is 0. The van der Waals surface area contributed by atoms with E-state index in [-0.39, 0.29) is 0 Å². The van der Waals surface area contributed by atoms with Crippen LogP contribution in [0.3, 0.4) is 0 Å². The maximum atomic E-state index is 5.89. The molecule has 0 radical (unpaired) electrons. The van der Waals surface area contributed by atoms with Crippen molar-refractivity contribution in [1.82, 2.24) is 5.32 Å². The van der Waals surface area contributed by atoms with Crippen molar-refractivity contribution >= 4 is 0 Å². The highest BCUT2D eigenvalue weighted by Gasteiger charge is 2.04. The second kappa shape index (κ2) is 7.28. The Morgan fingerprint density at radius 3 is 1.71 bits per heavy atom. The van der Waals surface area contributed by atoms with Gasteiger partial charge in [-0.2, -0.15) is 0 Å². The second-order valence-corrected chi connectivity index (χ2v) is 5.67. The van der Waals surface area contributed by atoms with E-state index in [4.69, 9.17) is 4.74 Å². The quantitative estimate of drug-likeness (QED) is 0.779. The first-order valence-electron chi connectivity index (χ1n) is 7.71. The molecule has 0 aliphatic heterocycles. The molecule has 0 amide bonds. The molecule has 2 aromatic rings. The highest BCUT2D eigenvalue weighted by Crippen LogP contribution is 2.25. The lowest BCUT2D eigenvalue weighted by molar-refractivity contribution is 0.481. The monoisotopic (exact) mass is 283 g/mol. The van der Waals surface area contributed by atoms with Gasteiger partial charge >= 0.3 is 0 Å². The van der Waals surface area contributed by atoms with Gasteiger partial charge in [0.1, 0.15) is 11.5 Å². The summed E-state index contributed by atoms with van der Waals surface area (Å²) in [5.74, 6) is 2.30. The third kappa shape index (κ3) is 4.33. The van der Waals surface area contributed by atoms with Crippen molar-refractivity contribution in [1.29, 1.82) is 0 Å². The van der Waals surface area contributed by atoms with Crippen LogP contribution in [0.5, 0.6) is 11.5 Å². The van der Waals surface area contributed by atoms with Crippen LogP contribution < -0.4 is 10.1 Å². The molecule has 0 fully saturated rings. The van der Waals surface area contributed by atoms with E-state index in [0.717, 1.165) is 18.0 Å². The Labute approximate surface area is 128 Å². The molecule has 0 saturated heterocycles. The molecule has 0 heterocycles. The van der Waals surface area contributed by atoms with Gasteiger partial charge in [-0.25, -0.2) is 0 Å². The molecule has 0 aliphatic carbocycles. The SMILES string of the molecule is CCNC(C)c1ccc(Oc2ccc(C(C)C)cc2)cc1. The lowest BCUT2D eigenvalue weighted by Crippen LogP contribution is -2.17. The van der Waals surface area contributed by atoms with Gasteiger partial charge in [0.2, 0.25) is 0 Å². The van der Waals surface area contributed by atoms with E-state index in [9.17, 15) is 0 Å². The average molecular weight is 283 g/mol. The van der Waals surface area contributed by atoms with Crippen LogP contribution in [-0.2, 0) is 0 Å². The normalized spacial score (nSPS) is 12.4. The van der Waals surface area contributed by atoms with Crippen LogP contribution in [0.25, 0.3) is 0 Å². The lowest BCUT2D eigenvalue weighted by Gasteiger charge is -2.13. The number of ether oxygens (including phenoxy) is 1. The van der Waals surface area contributed by atoms with E-state index in [1.54, 1.807) is 0 Å². The van der Waals surface area contributed by atoms with Crippen molar-refractivity contribution < 1.29 is 4.74 Å². The van der Waals surface area contributed by atoms with E-state index in [1.807, 2.05) is 24.3 Å². The predicted octanol–water partition coefficient (Wildman–Crippen LogP) is 5.27. The summed E-state index contributed by atoms with van der Waals surface area (Å²) >= 11 is 0. The van der Waals surface area contributed by atoms with Gasteiger partial charge in [0, 0.05) is 6.04 Å². The molecule has 112 valence electrons. The zero-order valence-corrected chi connectivity index (χ0v) is 13.4. The summed E-state index contributed by atoms with van der Waals surface area (Å²) in [6.07, 6.45) is 0. The Bertz CT molecular complexity index is 543. The first-order valence-corrected chi connectivity index (χ1v) is 7.71. The molecule has 0 bridgehead atoms. The van der Waals surface area contributed by atoms with E-state index in [0.29, 0.717) is 12.0 Å². The fraction of sp³-hybridized carbons (Fsp3) is 0.368. The molecule has 1 N–H and O–H groups in total. The molecule has 0 spiro atoms. The zero-order valence-electron chi connectivity index (χ0n) is 13.4. The van der Waals surface area contributed by atoms with E-state index < -0.39 is 0 Å². The number of hydrogen-bond donors (Lipinski definition) is 1. The fourth-order valence-corrected chi connectivity index (χ4v) is 2.31. The van der Waals surface area contributed by atoms with Crippen molar-refractivity contribution in [2.45, 2.75) is 39.7 Å². The first-order chi connectivity index (χ1) is 10.1. The summed E-state index contributed by atoms with van der Waals surface area (Å²) < 4.78 is 5.89. The highest BCUT2D eigenvalue weighted by molar-refractivity contribution is 5.35. The minimum atomic E-state index is 0.370. The molecule has 0 saturated carbocycles. The van der Waals surface area contributed by atoms with Crippen LogP contribution >= 0.6 is 0 Å². The van der Waals surface area contributed by atoms with Crippen molar-refractivity contribution in [3.8, 4) is 11.5 Å². The van der Waals surface area contributed by atoms with Crippen LogP contribution in [-0.4, -0.2) is 6.54 Å². The van der Waals surface area contributed by atoms with Gasteiger partial charge in [-0.3, -0.25) is 0 Å². The number of rotatable bonds is 6. The Morgan fingerprint density at radius 2 is 1.29 bits per heavy atom. The van der Waals surface area contributed by atoms with Crippen LogP contribution in [0, 0.1) is 0 Å². The number of benzene rings is 2. The molecular formula is C19H25NO. The summed E-state index contributed by atoms with van der Waals surface area (Å²) in [7, 11) is 0. The maximum Gasteiger partial charge on any atom is 0.127 e. The highest BCUT2D eigenvalue weighted by atomic mass is 16.5. The minimum absolute atomic E-state index is 0.370. The summed E-state index contributed by atoms with van der Waals surface area (Å²) in [5, 5.41) is 3.41. The molecule has 1 atom stereocenters. The largest absolute Gasteiger partial charge is 0.457 e. The van der Waals surface area contributed by atoms with Crippen LogP contribution in [0.15, 0.2) is 48.5 Å². The lowest BCUT2D eigenvalue weighted by atomic mass is 10.0. The predicted molar refractivity (Wildman–Crippen MR) is 89.1 cm³/mol. The van der Waals surface area contributed by atoms with E-state index in [2.05, 4.69) is 57.3 Å². The molecule has 2 heteroatoms. The summed E-state index contributed by atoms with van der Waals surface area (Å²) in [6, 6.07) is 17.0. The van der Waals surface area contributed by atoms with Gasteiger partial charge in [-0.15, -0.1) is 0 Å². The van der Waals surface area contributed by atoms with Crippen molar-refractivity contribution in [3.05, 3.63) is 59.7 Å². The standard InChI is InChI=1S/C19H25NO/c1-5-20-15(4)17-8-12-19(13-9-17)21-18-10-6-16(7-11-18)14(2)3/h6-15,20H,5H2,1-4H3. The topological polar surface area (TPSA) is 21.3 Å². The third-order valence-corrected chi connectivity index (χ3v) is 3.67. The average Bonchev–Trinajstić information content (AvgIpc) is 2.49. The van der Waals surface area contributed by atoms with Gasteiger partial charge in [-0.05, 0) is 54.8 Å². The number of hydrogen-bond acceptors (Lipinski definition) is 2. The molecule has 21 heavy (non-hydrogen) atoms. The zero-order chi connectivity index (χ0) is 15.2.